The third kappa shape index (κ3) is 2.91. The predicted molar refractivity (Wildman–Crippen MR) is 89.5 cm³/mol. The van der Waals surface area contributed by atoms with Crippen molar-refractivity contribution in [3.63, 3.8) is 0 Å². The maximum atomic E-state index is 13.4. The van der Waals surface area contributed by atoms with E-state index in [1.807, 2.05) is 6.92 Å². The van der Waals surface area contributed by atoms with Crippen molar-refractivity contribution in [1.82, 2.24) is 10.2 Å². The number of allylic oxidation sites excluding steroid dienone is 1. The molecule has 1 N–H and O–H groups in total. The Labute approximate surface area is 150 Å². The molecule has 1 fully saturated rings. The van der Waals surface area contributed by atoms with E-state index in [4.69, 9.17) is 0 Å². The average molecular weight is 362 g/mol. The molecule has 1 aromatic carbocycles. The Kier molecular flexibility index (Phi) is 4.64. The van der Waals surface area contributed by atoms with Crippen LogP contribution in [-0.2, 0) is 14.4 Å². The van der Waals surface area contributed by atoms with Crippen LogP contribution in [0.15, 0.2) is 30.4 Å². The number of nitrogens with one attached hydrogen (secondary N) is 1. The van der Waals surface area contributed by atoms with Gasteiger partial charge in [-0.1, -0.05) is 25.1 Å². The molecule has 1 aliphatic heterocycles. The van der Waals surface area contributed by atoms with Crippen molar-refractivity contribution < 1.29 is 23.2 Å². The average Bonchev–Trinajstić information content (AvgIpc) is 2.81. The Morgan fingerprint density at radius 3 is 2.50 bits per heavy atom. The second-order valence-electron chi connectivity index (χ2n) is 6.96. The van der Waals surface area contributed by atoms with E-state index in [9.17, 15) is 23.2 Å². The van der Waals surface area contributed by atoms with Gasteiger partial charge in [-0.05, 0) is 30.5 Å². The van der Waals surface area contributed by atoms with Crippen LogP contribution in [0, 0.1) is 35.3 Å². The summed E-state index contributed by atoms with van der Waals surface area (Å²) in [6.07, 6.45) is 3.47. The molecule has 0 saturated carbocycles. The van der Waals surface area contributed by atoms with Gasteiger partial charge in [-0.3, -0.25) is 19.3 Å². The Bertz CT molecular complexity index is 808. The largest absolute Gasteiger partial charge is 0.349 e. The number of nitrogens with zero attached hydrogens (tertiary/aromatic N) is 1. The molecule has 2 aliphatic rings. The normalized spacial score (nSPS) is 28.9. The number of benzene rings is 1. The van der Waals surface area contributed by atoms with Crippen LogP contribution in [0.1, 0.15) is 25.5 Å². The molecule has 138 valence electrons. The zero-order valence-corrected chi connectivity index (χ0v) is 14.7. The van der Waals surface area contributed by atoms with Crippen LogP contribution in [-0.4, -0.2) is 29.7 Å². The lowest BCUT2D eigenvalue weighted by atomic mass is 9.71. The van der Waals surface area contributed by atoms with Gasteiger partial charge in [0.1, 0.15) is 0 Å². The first-order chi connectivity index (χ1) is 12.2. The third-order valence-corrected chi connectivity index (χ3v) is 5.30. The summed E-state index contributed by atoms with van der Waals surface area (Å²) in [6.45, 7) is 3.47. The van der Waals surface area contributed by atoms with E-state index in [0.717, 1.165) is 17.0 Å². The van der Waals surface area contributed by atoms with Crippen LogP contribution in [0.2, 0.25) is 0 Å². The summed E-state index contributed by atoms with van der Waals surface area (Å²) in [5.41, 5.74) is 0.416. The Hall–Kier alpha value is -2.57. The van der Waals surface area contributed by atoms with Crippen LogP contribution in [0.25, 0.3) is 0 Å². The molecule has 0 bridgehead atoms. The molecule has 0 unspecified atom stereocenters. The van der Waals surface area contributed by atoms with E-state index < -0.39 is 35.4 Å². The van der Waals surface area contributed by atoms with E-state index >= 15 is 0 Å². The molecule has 1 aromatic rings. The van der Waals surface area contributed by atoms with Gasteiger partial charge >= 0.3 is 0 Å². The fraction of sp³-hybridized carbons (Fsp3) is 0.421. The molecular weight excluding hydrogens is 342 g/mol. The van der Waals surface area contributed by atoms with E-state index in [1.165, 1.54) is 13.1 Å². The minimum absolute atomic E-state index is 0.225. The minimum Gasteiger partial charge on any atom is -0.349 e. The molecule has 5 nitrogen and oxygen atoms in total. The van der Waals surface area contributed by atoms with Crippen LogP contribution in [0.4, 0.5) is 8.78 Å². The summed E-state index contributed by atoms with van der Waals surface area (Å²) in [4.78, 5) is 38.5. The first-order valence-electron chi connectivity index (χ1n) is 8.47. The van der Waals surface area contributed by atoms with Crippen molar-refractivity contribution >= 4 is 17.7 Å². The third-order valence-electron chi connectivity index (χ3n) is 5.30. The Morgan fingerprint density at radius 1 is 1.15 bits per heavy atom. The fourth-order valence-electron chi connectivity index (χ4n) is 3.76. The highest BCUT2D eigenvalue weighted by Crippen LogP contribution is 2.40. The number of hydrogen-bond acceptors (Lipinski definition) is 3. The molecule has 7 heteroatoms. The van der Waals surface area contributed by atoms with Crippen molar-refractivity contribution in [2.45, 2.75) is 19.9 Å². The second-order valence-corrected chi connectivity index (χ2v) is 6.96. The Balaban J connectivity index is 1.82. The van der Waals surface area contributed by atoms with Crippen molar-refractivity contribution in [2.24, 2.45) is 23.7 Å². The van der Waals surface area contributed by atoms with Gasteiger partial charge in [0, 0.05) is 7.05 Å². The lowest BCUT2D eigenvalue weighted by Crippen LogP contribution is -2.44. The highest BCUT2D eigenvalue weighted by Gasteiger charge is 2.53. The monoisotopic (exact) mass is 362 g/mol. The quantitative estimate of drug-likeness (QED) is 0.662. The first-order valence-corrected chi connectivity index (χ1v) is 8.47. The van der Waals surface area contributed by atoms with Crippen molar-refractivity contribution in [3.8, 4) is 0 Å². The number of fused-ring (bicyclic) bond motifs is 1. The summed E-state index contributed by atoms with van der Waals surface area (Å²) in [5.74, 6) is -5.29. The van der Waals surface area contributed by atoms with Crippen LogP contribution < -0.4 is 5.32 Å². The van der Waals surface area contributed by atoms with Crippen molar-refractivity contribution in [2.75, 3.05) is 7.05 Å². The van der Waals surface area contributed by atoms with Gasteiger partial charge in [-0.25, -0.2) is 8.78 Å². The smallest absolute Gasteiger partial charge is 0.236 e. The number of imide groups is 1. The van der Waals surface area contributed by atoms with E-state index in [1.54, 1.807) is 19.1 Å². The second kappa shape index (κ2) is 6.63. The molecule has 5 atom stereocenters. The molecule has 0 spiro atoms. The molecule has 0 aromatic heterocycles. The molecule has 1 aliphatic carbocycles. The minimum atomic E-state index is -0.990. The molecule has 1 heterocycles. The molecule has 3 amide bonds. The summed E-state index contributed by atoms with van der Waals surface area (Å²) in [7, 11) is 1.42. The highest BCUT2D eigenvalue weighted by molar-refractivity contribution is 6.07. The number of rotatable bonds is 3. The topological polar surface area (TPSA) is 66.5 Å². The fourth-order valence-corrected chi connectivity index (χ4v) is 3.76. The van der Waals surface area contributed by atoms with Crippen LogP contribution in [0.3, 0.4) is 0 Å². The summed E-state index contributed by atoms with van der Waals surface area (Å²) >= 11 is 0. The number of amides is 3. The maximum absolute atomic E-state index is 13.4. The summed E-state index contributed by atoms with van der Waals surface area (Å²) < 4.78 is 26.5. The molecule has 26 heavy (non-hydrogen) atoms. The zero-order chi connectivity index (χ0) is 19.2. The Morgan fingerprint density at radius 2 is 1.85 bits per heavy atom. The number of carbonyl (C=O) groups excluding carboxylic acids is 3. The number of likely N-dealkylation sites (tertiary alicyclic amines) is 1. The van der Waals surface area contributed by atoms with Gasteiger partial charge in [-0.15, -0.1) is 0 Å². The number of carbonyl (C=O) groups is 3. The molecule has 0 radical (unpaired) electrons. The van der Waals surface area contributed by atoms with E-state index in [0.29, 0.717) is 5.56 Å². The number of hydrogen-bond donors (Lipinski definition) is 1. The lowest BCUT2D eigenvalue weighted by molar-refractivity contribution is -0.141. The van der Waals surface area contributed by atoms with Gasteiger partial charge in [0.15, 0.2) is 11.6 Å². The van der Waals surface area contributed by atoms with E-state index in [-0.39, 0.29) is 23.6 Å². The van der Waals surface area contributed by atoms with Crippen molar-refractivity contribution in [1.29, 1.82) is 0 Å². The lowest BCUT2D eigenvalue weighted by Gasteiger charge is -2.31. The number of halogens is 2. The van der Waals surface area contributed by atoms with Gasteiger partial charge in [0.25, 0.3) is 0 Å². The van der Waals surface area contributed by atoms with Crippen molar-refractivity contribution in [3.05, 3.63) is 47.5 Å². The van der Waals surface area contributed by atoms with Crippen LogP contribution >= 0.6 is 0 Å². The molecule has 3 rings (SSSR count). The van der Waals surface area contributed by atoms with Gasteiger partial charge < -0.3 is 5.32 Å². The molecular formula is C19H20F2N2O3. The predicted octanol–water partition coefficient (Wildman–Crippen LogP) is 2.20. The highest BCUT2D eigenvalue weighted by atomic mass is 19.2. The first kappa shape index (κ1) is 18.2. The standard InChI is InChI=1S/C19H20F2N2O3/c1-9-4-6-12-16(19(26)23(3)18(12)25)15(9)17(24)22-10(2)11-5-7-13(20)14(21)8-11/h4-10,12,15-16H,1-3H3,(H,22,24)/t9-,10+,12-,15-,16+/m1/s1. The zero-order valence-electron chi connectivity index (χ0n) is 14.7. The van der Waals surface area contributed by atoms with Gasteiger partial charge in [-0.2, -0.15) is 0 Å². The van der Waals surface area contributed by atoms with E-state index in [2.05, 4.69) is 5.32 Å². The SMILES string of the molecule is C[C@H](NC(=O)[C@H]1[C@H]2C(=O)N(C)C(=O)[C@@H]2C=C[C@H]1C)c1ccc(F)c(F)c1. The summed E-state index contributed by atoms with van der Waals surface area (Å²) in [5, 5.41) is 2.76. The summed E-state index contributed by atoms with van der Waals surface area (Å²) in [6, 6.07) is 2.86. The van der Waals surface area contributed by atoms with Crippen LogP contribution in [0.5, 0.6) is 0 Å². The maximum Gasteiger partial charge on any atom is 0.236 e. The molecule has 1 saturated heterocycles. The van der Waals surface area contributed by atoms with Gasteiger partial charge in [0.05, 0.1) is 23.8 Å². The van der Waals surface area contributed by atoms with Gasteiger partial charge in [0.2, 0.25) is 17.7 Å².